The molecule has 0 unspecified atom stereocenters. The van der Waals surface area contributed by atoms with E-state index in [0.717, 1.165) is 22.8 Å². The van der Waals surface area contributed by atoms with E-state index in [1.54, 1.807) is 12.4 Å². The van der Waals surface area contributed by atoms with Gasteiger partial charge in [0.25, 0.3) is 5.91 Å². The van der Waals surface area contributed by atoms with E-state index < -0.39 is 0 Å². The molecule has 1 aromatic carbocycles. The van der Waals surface area contributed by atoms with Crippen molar-refractivity contribution >= 4 is 17.2 Å². The van der Waals surface area contributed by atoms with Gasteiger partial charge in [-0.15, -0.1) is 11.3 Å². The molecule has 0 aliphatic rings. The zero-order valence-corrected chi connectivity index (χ0v) is 18.9. The van der Waals surface area contributed by atoms with Crippen LogP contribution in [0.2, 0.25) is 0 Å². The summed E-state index contributed by atoms with van der Waals surface area (Å²) >= 11 is 1.46. The lowest BCUT2D eigenvalue weighted by Gasteiger charge is -2.23. The summed E-state index contributed by atoms with van der Waals surface area (Å²) < 4.78 is 2.14. The standard InChI is InChI=1S/C25H26N4OS/c1-18-13-19(2)22(20(3)14-18)16-28-11-10-27-24(28)17-29(15-21-6-8-26-9-7-21)25(30)23-5-4-12-31-23/h4-14H,15-17H2,1-3H3. The molecule has 0 aliphatic carbocycles. The molecule has 3 heterocycles. The molecule has 0 bridgehead atoms. The lowest BCUT2D eigenvalue weighted by molar-refractivity contribution is 0.0728. The Morgan fingerprint density at radius 2 is 1.77 bits per heavy atom. The van der Waals surface area contributed by atoms with Crippen molar-refractivity contribution in [3.63, 3.8) is 0 Å². The number of rotatable bonds is 7. The predicted octanol–water partition coefficient (Wildman–Crippen LogP) is 5.16. The second-order valence-electron chi connectivity index (χ2n) is 7.84. The molecule has 31 heavy (non-hydrogen) atoms. The van der Waals surface area contributed by atoms with Crippen molar-refractivity contribution in [3.8, 4) is 0 Å². The fourth-order valence-corrected chi connectivity index (χ4v) is 4.59. The van der Waals surface area contributed by atoms with E-state index in [2.05, 4.69) is 47.4 Å². The fourth-order valence-electron chi connectivity index (χ4n) is 3.90. The lowest BCUT2D eigenvalue weighted by Crippen LogP contribution is -2.31. The van der Waals surface area contributed by atoms with Gasteiger partial charge in [-0.1, -0.05) is 23.8 Å². The highest BCUT2D eigenvalue weighted by molar-refractivity contribution is 7.12. The van der Waals surface area contributed by atoms with Gasteiger partial charge >= 0.3 is 0 Å². The van der Waals surface area contributed by atoms with Gasteiger partial charge in [-0.3, -0.25) is 9.78 Å². The Hall–Kier alpha value is -3.25. The van der Waals surface area contributed by atoms with Crippen molar-refractivity contribution in [1.82, 2.24) is 19.4 Å². The van der Waals surface area contributed by atoms with Crippen molar-refractivity contribution in [1.29, 1.82) is 0 Å². The quantitative estimate of drug-likeness (QED) is 0.407. The number of carbonyl (C=O) groups is 1. The molecule has 5 nitrogen and oxygen atoms in total. The number of amides is 1. The largest absolute Gasteiger partial charge is 0.329 e. The molecule has 0 spiro atoms. The Morgan fingerprint density at radius 1 is 1.03 bits per heavy atom. The van der Waals surface area contributed by atoms with E-state index in [0.29, 0.717) is 13.1 Å². The molecule has 4 aromatic rings. The Morgan fingerprint density at radius 3 is 2.45 bits per heavy atom. The van der Waals surface area contributed by atoms with Gasteiger partial charge < -0.3 is 9.47 Å². The predicted molar refractivity (Wildman–Crippen MR) is 124 cm³/mol. The summed E-state index contributed by atoms with van der Waals surface area (Å²) in [7, 11) is 0. The molecule has 0 aliphatic heterocycles. The third kappa shape index (κ3) is 4.91. The number of aryl methyl sites for hydroxylation is 3. The molecule has 4 rings (SSSR count). The number of aromatic nitrogens is 3. The van der Waals surface area contributed by atoms with Crippen LogP contribution in [0, 0.1) is 20.8 Å². The average molecular weight is 431 g/mol. The molecule has 3 aromatic heterocycles. The van der Waals surface area contributed by atoms with Gasteiger partial charge in [0.05, 0.1) is 11.4 Å². The Labute approximate surface area is 187 Å². The van der Waals surface area contributed by atoms with E-state index in [4.69, 9.17) is 0 Å². The first-order valence-electron chi connectivity index (χ1n) is 10.3. The maximum absolute atomic E-state index is 13.2. The summed E-state index contributed by atoms with van der Waals surface area (Å²) in [5.74, 6) is 0.891. The zero-order valence-electron chi connectivity index (χ0n) is 18.1. The van der Waals surface area contributed by atoms with Crippen LogP contribution >= 0.6 is 11.3 Å². The summed E-state index contributed by atoms with van der Waals surface area (Å²) in [6.45, 7) is 8.12. The topological polar surface area (TPSA) is 51.0 Å². The maximum Gasteiger partial charge on any atom is 0.264 e. The van der Waals surface area contributed by atoms with E-state index in [1.807, 2.05) is 46.9 Å². The minimum absolute atomic E-state index is 0.0176. The van der Waals surface area contributed by atoms with Crippen LogP contribution in [0.15, 0.2) is 66.6 Å². The molecule has 0 saturated heterocycles. The molecule has 0 atom stereocenters. The number of thiophene rings is 1. The van der Waals surface area contributed by atoms with E-state index in [-0.39, 0.29) is 5.91 Å². The summed E-state index contributed by atoms with van der Waals surface area (Å²) in [4.78, 5) is 24.5. The first-order valence-corrected chi connectivity index (χ1v) is 11.2. The number of carbonyl (C=O) groups excluding carboxylic acids is 1. The number of nitrogens with zero attached hydrogens (tertiary/aromatic N) is 4. The van der Waals surface area contributed by atoms with Gasteiger partial charge in [-0.25, -0.2) is 4.98 Å². The van der Waals surface area contributed by atoms with Crippen LogP contribution in [0.3, 0.4) is 0 Å². The molecule has 6 heteroatoms. The second kappa shape index (κ2) is 9.27. The number of hydrogen-bond donors (Lipinski definition) is 0. The first-order chi connectivity index (χ1) is 15.0. The fraction of sp³-hybridized carbons (Fsp3) is 0.240. The molecule has 158 valence electrons. The minimum Gasteiger partial charge on any atom is -0.329 e. The van der Waals surface area contributed by atoms with Crippen molar-refractivity contribution in [2.45, 2.75) is 40.4 Å². The first kappa shape index (κ1) is 21.0. The monoisotopic (exact) mass is 430 g/mol. The van der Waals surface area contributed by atoms with Crippen LogP contribution in [-0.2, 0) is 19.6 Å². The molecule has 0 fully saturated rings. The highest BCUT2D eigenvalue weighted by Crippen LogP contribution is 2.20. The number of benzene rings is 1. The number of pyridine rings is 1. The third-order valence-electron chi connectivity index (χ3n) is 5.44. The van der Waals surface area contributed by atoms with Crippen molar-refractivity contribution in [2.75, 3.05) is 0 Å². The van der Waals surface area contributed by atoms with E-state index in [1.165, 1.54) is 33.6 Å². The Balaban J connectivity index is 1.61. The van der Waals surface area contributed by atoms with Gasteiger partial charge in [0.1, 0.15) is 5.82 Å². The molecule has 1 amide bonds. The Kier molecular flexibility index (Phi) is 6.28. The van der Waals surface area contributed by atoms with Gasteiger partial charge in [0.2, 0.25) is 0 Å². The Bertz CT molecular complexity index is 1140. The highest BCUT2D eigenvalue weighted by atomic mass is 32.1. The van der Waals surface area contributed by atoms with E-state index >= 15 is 0 Å². The van der Waals surface area contributed by atoms with Crippen molar-refractivity contribution in [2.24, 2.45) is 0 Å². The van der Waals surface area contributed by atoms with Crippen molar-refractivity contribution in [3.05, 3.63) is 105 Å². The molecule has 0 saturated carbocycles. The second-order valence-corrected chi connectivity index (χ2v) is 8.79. The van der Waals surface area contributed by atoms with Crippen LogP contribution in [0.1, 0.15) is 43.3 Å². The third-order valence-corrected chi connectivity index (χ3v) is 6.30. The smallest absolute Gasteiger partial charge is 0.264 e. The van der Waals surface area contributed by atoms with Crippen LogP contribution in [0.25, 0.3) is 0 Å². The summed E-state index contributed by atoms with van der Waals surface area (Å²) in [6.07, 6.45) is 7.32. The zero-order chi connectivity index (χ0) is 21.8. The van der Waals surface area contributed by atoms with Crippen LogP contribution in [0.4, 0.5) is 0 Å². The SMILES string of the molecule is Cc1cc(C)c(Cn2ccnc2CN(Cc2ccncc2)C(=O)c2cccs2)c(C)c1. The average Bonchev–Trinajstić information content (AvgIpc) is 3.43. The molecule has 0 N–H and O–H groups in total. The molecular formula is C25H26N4OS. The van der Waals surface area contributed by atoms with Crippen LogP contribution in [0.5, 0.6) is 0 Å². The van der Waals surface area contributed by atoms with Crippen LogP contribution < -0.4 is 0 Å². The maximum atomic E-state index is 13.2. The van der Waals surface area contributed by atoms with Gasteiger partial charge in [-0.2, -0.15) is 0 Å². The van der Waals surface area contributed by atoms with Gasteiger partial charge in [-0.05, 0) is 66.6 Å². The summed E-state index contributed by atoms with van der Waals surface area (Å²) in [5.41, 5.74) is 6.17. The number of imidazole rings is 1. The summed E-state index contributed by atoms with van der Waals surface area (Å²) in [5, 5.41) is 1.93. The highest BCUT2D eigenvalue weighted by Gasteiger charge is 2.20. The normalized spacial score (nSPS) is 10.9. The molecular weight excluding hydrogens is 404 g/mol. The van der Waals surface area contributed by atoms with E-state index in [9.17, 15) is 4.79 Å². The number of hydrogen-bond acceptors (Lipinski definition) is 4. The van der Waals surface area contributed by atoms with Gasteiger partial charge in [0, 0.05) is 37.9 Å². The minimum atomic E-state index is 0.0176. The van der Waals surface area contributed by atoms with Crippen molar-refractivity contribution < 1.29 is 4.79 Å². The van der Waals surface area contributed by atoms with Gasteiger partial charge in [0.15, 0.2) is 0 Å². The molecule has 0 radical (unpaired) electrons. The summed E-state index contributed by atoms with van der Waals surface area (Å²) in [6, 6.07) is 12.1. The van der Waals surface area contributed by atoms with Crippen LogP contribution in [-0.4, -0.2) is 25.3 Å². The lowest BCUT2D eigenvalue weighted by atomic mass is 10.00.